The molecule has 1 saturated heterocycles. The van der Waals surface area contributed by atoms with Crippen molar-refractivity contribution < 1.29 is 5.11 Å². The number of fused-ring (bicyclic) bond motifs is 2. The second kappa shape index (κ2) is 6.43. The van der Waals surface area contributed by atoms with Gasteiger partial charge in [0.1, 0.15) is 5.75 Å². The normalized spacial score (nSPS) is 17.2. The van der Waals surface area contributed by atoms with Crippen molar-refractivity contribution in [2.75, 3.05) is 39.1 Å². The molecule has 1 N–H and O–H groups in total. The van der Waals surface area contributed by atoms with Crippen molar-refractivity contribution in [3.05, 3.63) is 53.1 Å². The molecule has 2 aromatic carbocycles. The molecule has 0 bridgehead atoms. The van der Waals surface area contributed by atoms with Crippen LogP contribution in [0.15, 0.2) is 51.8 Å². The number of hydrogen-bond donors (Lipinski definition) is 1. The molecule has 0 amide bonds. The van der Waals surface area contributed by atoms with Gasteiger partial charge in [-0.15, -0.1) is 0 Å². The van der Waals surface area contributed by atoms with Gasteiger partial charge in [0.2, 0.25) is 0 Å². The van der Waals surface area contributed by atoms with E-state index in [0.29, 0.717) is 5.75 Å². The Morgan fingerprint density at radius 1 is 1.04 bits per heavy atom. The number of nitrogens with zero attached hydrogens (tertiary/aromatic N) is 2. The third kappa shape index (κ3) is 2.94. The fourth-order valence-electron chi connectivity index (χ4n) is 3.69. The lowest BCUT2D eigenvalue weighted by atomic mass is 9.87. The van der Waals surface area contributed by atoms with Gasteiger partial charge in [-0.2, -0.15) is 0 Å². The minimum absolute atomic E-state index is 0.397. The lowest BCUT2D eigenvalue weighted by Crippen LogP contribution is -2.27. The Morgan fingerprint density at radius 3 is 2.52 bits per heavy atom. The van der Waals surface area contributed by atoms with Gasteiger partial charge in [0.05, 0.1) is 0 Å². The first-order valence-corrected chi connectivity index (χ1v) is 9.59. The summed E-state index contributed by atoms with van der Waals surface area (Å²) < 4.78 is 0. The minimum atomic E-state index is 0.397. The maximum Gasteiger partial charge on any atom is 0.124 e. The SMILES string of the molecule is CN1CCC(=C2c3ccc(N(C)C)cc3Sc3cccc(O)c32)CC1. The molecule has 0 spiro atoms. The zero-order valence-electron chi connectivity index (χ0n) is 15.0. The predicted molar refractivity (Wildman–Crippen MR) is 106 cm³/mol. The molecular formula is C21H24N2OS. The van der Waals surface area contributed by atoms with E-state index >= 15 is 0 Å². The van der Waals surface area contributed by atoms with Gasteiger partial charge < -0.3 is 14.9 Å². The van der Waals surface area contributed by atoms with Crippen LogP contribution in [0.2, 0.25) is 0 Å². The van der Waals surface area contributed by atoms with Crippen LogP contribution < -0.4 is 4.90 Å². The summed E-state index contributed by atoms with van der Waals surface area (Å²) in [6.07, 6.45) is 2.14. The Hall–Kier alpha value is -1.91. The smallest absolute Gasteiger partial charge is 0.124 e. The first-order chi connectivity index (χ1) is 12.0. The predicted octanol–water partition coefficient (Wildman–Crippen LogP) is 4.45. The molecule has 1 fully saturated rings. The molecule has 2 heterocycles. The average Bonchev–Trinajstić information content (AvgIpc) is 2.60. The number of rotatable bonds is 1. The maximum absolute atomic E-state index is 10.6. The summed E-state index contributed by atoms with van der Waals surface area (Å²) in [6.45, 7) is 2.17. The minimum Gasteiger partial charge on any atom is -0.507 e. The van der Waals surface area contributed by atoms with E-state index in [1.165, 1.54) is 27.3 Å². The van der Waals surface area contributed by atoms with E-state index in [2.05, 4.69) is 55.2 Å². The van der Waals surface area contributed by atoms with Crippen LogP contribution >= 0.6 is 11.8 Å². The van der Waals surface area contributed by atoms with Gasteiger partial charge in [-0.25, -0.2) is 0 Å². The van der Waals surface area contributed by atoms with E-state index < -0.39 is 0 Å². The maximum atomic E-state index is 10.6. The molecule has 0 aromatic heterocycles. The van der Waals surface area contributed by atoms with Crippen LogP contribution in [0.3, 0.4) is 0 Å². The molecule has 0 atom stereocenters. The Balaban J connectivity index is 1.92. The summed E-state index contributed by atoms with van der Waals surface area (Å²) in [7, 11) is 6.33. The van der Waals surface area contributed by atoms with Crippen molar-refractivity contribution in [3.8, 4) is 5.75 Å². The third-order valence-electron chi connectivity index (χ3n) is 5.17. The molecule has 2 aromatic rings. The summed E-state index contributed by atoms with van der Waals surface area (Å²) in [4.78, 5) is 6.96. The number of phenols is 1. The van der Waals surface area contributed by atoms with Gasteiger partial charge in [0, 0.05) is 48.2 Å². The van der Waals surface area contributed by atoms with Crippen LogP contribution in [0.4, 0.5) is 5.69 Å². The molecule has 2 aliphatic rings. The van der Waals surface area contributed by atoms with Crippen LogP contribution in [-0.4, -0.2) is 44.2 Å². The van der Waals surface area contributed by atoms with E-state index in [1.54, 1.807) is 11.8 Å². The number of benzene rings is 2. The van der Waals surface area contributed by atoms with Gasteiger partial charge in [0.25, 0.3) is 0 Å². The lowest BCUT2D eigenvalue weighted by Gasteiger charge is -2.31. The molecular weight excluding hydrogens is 328 g/mol. The van der Waals surface area contributed by atoms with Crippen molar-refractivity contribution in [2.45, 2.75) is 22.6 Å². The highest BCUT2D eigenvalue weighted by Gasteiger charge is 2.27. The molecule has 25 heavy (non-hydrogen) atoms. The van der Waals surface area contributed by atoms with Crippen molar-refractivity contribution in [3.63, 3.8) is 0 Å². The Morgan fingerprint density at radius 2 is 1.80 bits per heavy atom. The summed E-state index contributed by atoms with van der Waals surface area (Å²) in [6, 6.07) is 12.6. The Kier molecular flexibility index (Phi) is 4.26. The van der Waals surface area contributed by atoms with Crippen molar-refractivity contribution in [2.24, 2.45) is 0 Å². The summed E-state index contributed by atoms with van der Waals surface area (Å²) in [5.41, 5.74) is 6.24. The zero-order valence-corrected chi connectivity index (χ0v) is 15.9. The standard InChI is InChI=1S/C21H24N2OS/c1-22(2)15-7-8-16-19(13-15)25-18-6-4-5-17(24)21(18)20(16)14-9-11-23(3)12-10-14/h4-8,13,24H,9-12H2,1-3H3. The molecule has 2 aliphatic heterocycles. The van der Waals surface area contributed by atoms with E-state index in [9.17, 15) is 5.11 Å². The number of phenolic OH excluding ortho intramolecular Hbond substituents is 1. The Labute approximate surface area is 154 Å². The van der Waals surface area contributed by atoms with Crippen LogP contribution in [0.25, 0.3) is 5.57 Å². The fraction of sp³-hybridized carbons (Fsp3) is 0.333. The van der Waals surface area contributed by atoms with E-state index in [1.807, 2.05) is 12.1 Å². The van der Waals surface area contributed by atoms with Gasteiger partial charge in [-0.05, 0) is 55.3 Å². The van der Waals surface area contributed by atoms with E-state index in [0.717, 1.165) is 36.4 Å². The number of anilines is 1. The molecule has 0 unspecified atom stereocenters. The monoisotopic (exact) mass is 352 g/mol. The quantitative estimate of drug-likeness (QED) is 0.700. The number of piperidine rings is 1. The van der Waals surface area contributed by atoms with Gasteiger partial charge in [-0.1, -0.05) is 29.5 Å². The van der Waals surface area contributed by atoms with Crippen molar-refractivity contribution >= 4 is 23.0 Å². The van der Waals surface area contributed by atoms with Crippen molar-refractivity contribution in [1.82, 2.24) is 4.90 Å². The van der Waals surface area contributed by atoms with Crippen LogP contribution in [0.1, 0.15) is 24.0 Å². The number of hydrogen-bond acceptors (Lipinski definition) is 4. The lowest BCUT2D eigenvalue weighted by molar-refractivity contribution is 0.313. The van der Waals surface area contributed by atoms with Gasteiger partial charge >= 0.3 is 0 Å². The molecule has 130 valence electrons. The number of aromatic hydroxyl groups is 1. The summed E-state index contributed by atoms with van der Waals surface area (Å²) in [5, 5.41) is 10.6. The zero-order chi connectivity index (χ0) is 17.6. The molecule has 0 aliphatic carbocycles. The second-order valence-corrected chi connectivity index (χ2v) is 8.19. The molecule has 0 saturated carbocycles. The van der Waals surface area contributed by atoms with E-state index in [-0.39, 0.29) is 0 Å². The van der Waals surface area contributed by atoms with Gasteiger partial charge in [-0.3, -0.25) is 0 Å². The fourth-order valence-corrected chi connectivity index (χ4v) is 4.85. The highest BCUT2D eigenvalue weighted by Crippen LogP contribution is 2.51. The average molecular weight is 353 g/mol. The van der Waals surface area contributed by atoms with Gasteiger partial charge in [0.15, 0.2) is 0 Å². The van der Waals surface area contributed by atoms with E-state index in [4.69, 9.17) is 0 Å². The molecule has 4 rings (SSSR count). The largest absolute Gasteiger partial charge is 0.507 e. The molecule has 4 heteroatoms. The first-order valence-electron chi connectivity index (χ1n) is 8.77. The summed E-state index contributed by atoms with van der Waals surface area (Å²) in [5.74, 6) is 0.397. The highest BCUT2D eigenvalue weighted by atomic mass is 32.2. The topological polar surface area (TPSA) is 26.7 Å². The van der Waals surface area contributed by atoms with Crippen LogP contribution in [-0.2, 0) is 0 Å². The first kappa shape index (κ1) is 16.6. The summed E-state index contributed by atoms with van der Waals surface area (Å²) >= 11 is 1.77. The second-order valence-electron chi connectivity index (χ2n) is 7.11. The molecule has 3 nitrogen and oxygen atoms in total. The highest BCUT2D eigenvalue weighted by molar-refractivity contribution is 7.99. The molecule has 0 radical (unpaired) electrons. The third-order valence-corrected chi connectivity index (χ3v) is 6.29. The van der Waals surface area contributed by atoms with Crippen LogP contribution in [0, 0.1) is 0 Å². The van der Waals surface area contributed by atoms with Crippen LogP contribution in [0.5, 0.6) is 5.75 Å². The number of likely N-dealkylation sites (tertiary alicyclic amines) is 1. The Bertz CT molecular complexity index is 847. The van der Waals surface area contributed by atoms with Crippen molar-refractivity contribution in [1.29, 1.82) is 0 Å².